The summed E-state index contributed by atoms with van der Waals surface area (Å²) in [6.45, 7) is 2.67. The molecule has 0 unspecified atom stereocenters. The Labute approximate surface area is 169 Å². The molecule has 0 aliphatic heterocycles. The number of imidazole rings is 1. The highest BCUT2D eigenvalue weighted by Gasteiger charge is 2.23. The Kier molecular flexibility index (Phi) is 6.41. The first-order valence-electron chi connectivity index (χ1n) is 9.17. The zero-order valence-electron chi connectivity index (χ0n) is 16.2. The fraction of sp³-hybridized carbons (Fsp3) is 0.333. The van der Waals surface area contributed by atoms with Crippen molar-refractivity contribution >= 4 is 23.2 Å². The fourth-order valence-corrected chi connectivity index (χ4v) is 3.34. The van der Waals surface area contributed by atoms with Crippen LogP contribution in [0.5, 0.6) is 11.5 Å². The molecule has 0 aliphatic carbocycles. The van der Waals surface area contributed by atoms with Crippen molar-refractivity contribution in [2.75, 3.05) is 20.8 Å². The number of hydrogen-bond donors (Lipinski definition) is 1. The van der Waals surface area contributed by atoms with Crippen LogP contribution in [0.4, 0.5) is 0 Å². The van der Waals surface area contributed by atoms with Crippen molar-refractivity contribution in [1.29, 1.82) is 0 Å². The van der Waals surface area contributed by atoms with E-state index in [1.807, 2.05) is 41.8 Å². The molecule has 1 atom stereocenters. The molecule has 3 rings (SSSR count). The highest BCUT2D eigenvalue weighted by Crippen LogP contribution is 2.34. The highest BCUT2D eigenvalue weighted by molar-refractivity contribution is 6.30. The van der Waals surface area contributed by atoms with Gasteiger partial charge in [0.2, 0.25) is 5.91 Å². The fourth-order valence-electron chi connectivity index (χ4n) is 3.18. The molecule has 0 spiro atoms. The number of hydrogen-bond acceptors (Lipinski definition) is 4. The molecule has 0 fully saturated rings. The second-order valence-electron chi connectivity index (χ2n) is 6.51. The SMILES string of the molecule is CCCNC(=O)C[C@H](c1cc(OC)cc(OC)c1)c1cnc2ccc(Cl)cn12. The van der Waals surface area contributed by atoms with Gasteiger partial charge in [-0.3, -0.25) is 4.79 Å². The third-order valence-electron chi connectivity index (χ3n) is 4.59. The largest absolute Gasteiger partial charge is 0.497 e. The van der Waals surface area contributed by atoms with E-state index in [-0.39, 0.29) is 18.2 Å². The van der Waals surface area contributed by atoms with E-state index in [0.29, 0.717) is 23.1 Å². The zero-order valence-corrected chi connectivity index (χ0v) is 17.0. The van der Waals surface area contributed by atoms with Gasteiger partial charge in [-0.2, -0.15) is 0 Å². The molecule has 28 heavy (non-hydrogen) atoms. The lowest BCUT2D eigenvalue weighted by atomic mass is 9.91. The lowest BCUT2D eigenvalue weighted by molar-refractivity contribution is -0.121. The molecule has 3 aromatic rings. The second kappa shape index (κ2) is 8.97. The summed E-state index contributed by atoms with van der Waals surface area (Å²) < 4.78 is 12.8. The zero-order chi connectivity index (χ0) is 20.1. The number of halogens is 1. The summed E-state index contributed by atoms with van der Waals surface area (Å²) in [6, 6.07) is 9.30. The van der Waals surface area contributed by atoms with Crippen molar-refractivity contribution in [3.05, 3.63) is 59.0 Å². The van der Waals surface area contributed by atoms with E-state index >= 15 is 0 Å². The van der Waals surface area contributed by atoms with Crippen LogP contribution >= 0.6 is 11.6 Å². The Hall–Kier alpha value is -2.73. The minimum atomic E-state index is -0.241. The van der Waals surface area contributed by atoms with Gasteiger partial charge < -0.3 is 19.2 Å². The molecule has 148 valence electrons. The Morgan fingerprint density at radius 1 is 1.21 bits per heavy atom. The van der Waals surface area contributed by atoms with E-state index in [9.17, 15) is 4.79 Å². The van der Waals surface area contributed by atoms with Gasteiger partial charge in [0.25, 0.3) is 0 Å². The Morgan fingerprint density at radius 2 is 1.93 bits per heavy atom. The maximum atomic E-state index is 12.6. The average Bonchev–Trinajstić information content (AvgIpc) is 3.12. The predicted molar refractivity (Wildman–Crippen MR) is 110 cm³/mol. The number of carbonyl (C=O) groups is 1. The molecule has 6 nitrogen and oxygen atoms in total. The number of fused-ring (bicyclic) bond motifs is 1. The van der Waals surface area contributed by atoms with Crippen LogP contribution in [0.3, 0.4) is 0 Å². The molecular weight excluding hydrogens is 378 g/mol. The number of nitrogens with one attached hydrogen (secondary N) is 1. The summed E-state index contributed by atoms with van der Waals surface area (Å²) in [6.07, 6.45) is 4.76. The van der Waals surface area contributed by atoms with Crippen LogP contribution < -0.4 is 14.8 Å². The van der Waals surface area contributed by atoms with E-state index in [1.54, 1.807) is 26.5 Å². The van der Waals surface area contributed by atoms with Crippen molar-refractivity contribution in [3.63, 3.8) is 0 Å². The van der Waals surface area contributed by atoms with Gasteiger partial charge in [-0.1, -0.05) is 18.5 Å². The van der Waals surface area contributed by atoms with Crippen LogP contribution in [0.15, 0.2) is 42.7 Å². The number of ether oxygens (including phenoxy) is 2. The highest BCUT2D eigenvalue weighted by atomic mass is 35.5. The summed E-state index contributed by atoms with van der Waals surface area (Å²) in [7, 11) is 3.21. The first-order valence-corrected chi connectivity index (χ1v) is 9.55. The van der Waals surface area contributed by atoms with Crippen LogP contribution in [0, 0.1) is 0 Å². The van der Waals surface area contributed by atoms with Gasteiger partial charge in [-0.25, -0.2) is 4.98 Å². The van der Waals surface area contributed by atoms with Crippen LogP contribution in [0.1, 0.15) is 36.9 Å². The minimum absolute atomic E-state index is 0.0226. The molecule has 1 N–H and O–H groups in total. The minimum Gasteiger partial charge on any atom is -0.497 e. The summed E-state index contributed by atoms with van der Waals surface area (Å²) in [4.78, 5) is 17.0. The lowest BCUT2D eigenvalue weighted by Crippen LogP contribution is -2.26. The van der Waals surface area contributed by atoms with Gasteiger partial charge in [0.1, 0.15) is 17.1 Å². The monoisotopic (exact) mass is 401 g/mol. The van der Waals surface area contributed by atoms with E-state index in [0.717, 1.165) is 23.3 Å². The molecule has 2 heterocycles. The third kappa shape index (κ3) is 4.39. The van der Waals surface area contributed by atoms with E-state index in [4.69, 9.17) is 21.1 Å². The maximum absolute atomic E-state index is 12.6. The average molecular weight is 402 g/mol. The maximum Gasteiger partial charge on any atom is 0.221 e. The molecule has 0 bridgehead atoms. The molecule has 0 aliphatic rings. The van der Waals surface area contributed by atoms with E-state index in [1.165, 1.54) is 0 Å². The number of methoxy groups -OCH3 is 2. The lowest BCUT2D eigenvalue weighted by Gasteiger charge is -2.19. The number of benzene rings is 1. The second-order valence-corrected chi connectivity index (χ2v) is 6.95. The van der Waals surface area contributed by atoms with Gasteiger partial charge in [0, 0.05) is 37.3 Å². The van der Waals surface area contributed by atoms with Crippen molar-refractivity contribution in [3.8, 4) is 11.5 Å². The predicted octanol–water partition coefficient (Wildman–Crippen LogP) is 4.05. The number of carbonyl (C=O) groups excluding carboxylic acids is 1. The summed E-state index contributed by atoms with van der Waals surface area (Å²) in [5.74, 6) is 1.07. The van der Waals surface area contributed by atoms with Crippen molar-refractivity contribution < 1.29 is 14.3 Å². The first kappa shape index (κ1) is 20.0. The number of aromatic nitrogens is 2. The topological polar surface area (TPSA) is 64.9 Å². The van der Waals surface area contributed by atoms with E-state index < -0.39 is 0 Å². The molecule has 2 aromatic heterocycles. The van der Waals surface area contributed by atoms with Gasteiger partial charge in [0.15, 0.2) is 0 Å². The van der Waals surface area contributed by atoms with Crippen LogP contribution in [-0.4, -0.2) is 36.1 Å². The third-order valence-corrected chi connectivity index (χ3v) is 4.82. The van der Waals surface area contributed by atoms with Gasteiger partial charge >= 0.3 is 0 Å². The Morgan fingerprint density at radius 3 is 2.57 bits per heavy atom. The standard InChI is InChI=1S/C21H24ClN3O3/c1-4-7-23-21(26)11-18(14-8-16(27-2)10-17(9-14)28-3)19-12-24-20-6-5-15(22)13-25(19)20/h5-6,8-10,12-13,18H,4,7,11H2,1-3H3,(H,23,26)/t18-/m1/s1. The van der Waals surface area contributed by atoms with Crippen molar-refractivity contribution in [2.24, 2.45) is 0 Å². The molecular formula is C21H24ClN3O3. The van der Waals surface area contributed by atoms with Gasteiger partial charge in [-0.05, 0) is 36.2 Å². The Balaban J connectivity index is 2.09. The summed E-state index contributed by atoms with van der Waals surface area (Å²) in [5, 5.41) is 3.56. The number of pyridine rings is 1. The molecule has 0 radical (unpaired) electrons. The van der Waals surface area contributed by atoms with Crippen molar-refractivity contribution in [2.45, 2.75) is 25.7 Å². The summed E-state index contributed by atoms with van der Waals surface area (Å²) >= 11 is 6.20. The normalized spacial score (nSPS) is 12.0. The number of rotatable bonds is 8. The smallest absolute Gasteiger partial charge is 0.221 e. The van der Waals surface area contributed by atoms with Crippen LogP contribution in [0.25, 0.3) is 5.65 Å². The molecule has 1 amide bonds. The number of nitrogens with zero attached hydrogens (tertiary/aromatic N) is 2. The molecule has 0 saturated heterocycles. The molecule has 0 saturated carbocycles. The van der Waals surface area contributed by atoms with Crippen molar-refractivity contribution in [1.82, 2.24) is 14.7 Å². The van der Waals surface area contributed by atoms with Gasteiger partial charge in [-0.15, -0.1) is 0 Å². The Bertz CT molecular complexity index is 948. The molecule has 7 heteroatoms. The summed E-state index contributed by atoms with van der Waals surface area (Å²) in [5.41, 5.74) is 2.55. The van der Waals surface area contributed by atoms with Crippen LogP contribution in [-0.2, 0) is 4.79 Å². The first-order chi connectivity index (χ1) is 13.5. The van der Waals surface area contributed by atoms with Gasteiger partial charge in [0.05, 0.1) is 24.9 Å². The van der Waals surface area contributed by atoms with E-state index in [2.05, 4.69) is 10.3 Å². The quantitative estimate of drug-likeness (QED) is 0.618. The van der Waals surface area contributed by atoms with Crippen LogP contribution in [0.2, 0.25) is 5.02 Å². The number of amides is 1. The molecule has 1 aromatic carbocycles.